The Balaban J connectivity index is 1.69. The van der Waals surface area contributed by atoms with Gasteiger partial charge < -0.3 is 24.8 Å². The summed E-state index contributed by atoms with van der Waals surface area (Å²) in [5.74, 6) is -0.718. The van der Waals surface area contributed by atoms with Crippen LogP contribution in [-0.4, -0.2) is 36.1 Å². The Morgan fingerprint density at radius 2 is 2.25 bits per heavy atom. The summed E-state index contributed by atoms with van der Waals surface area (Å²) < 4.78 is 10.5. The summed E-state index contributed by atoms with van der Waals surface area (Å²) in [5, 5.41) is 5.38. The molecule has 0 spiro atoms. The Morgan fingerprint density at radius 3 is 2.92 bits per heavy atom. The van der Waals surface area contributed by atoms with Crippen LogP contribution in [0.15, 0.2) is 46.8 Å². The summed E-state index contributed by atoms with van der Waals surface area (Å²) in [7, 11) is 0. The lowest BCUT2D eigenvalue weighted by molar-refractivity contribution is -0.118. The van der Waals surface area contributed by atoms with Gasteiger partial charge >= 0.3 is 0 Å². The van der Waals surface area contributed by atoms with Gasteiger partial charge in [0.2, 0.25) is 0 Å². The molecule has 3 N–H and O–H groups in total. The number of ether oxygens (including phenoxy) is 1. The van der Waals surface area contributed by atoms with Crippen molar-refractivity contribution in [1.82, 2.24) is 15.6 Å². The lowest BCUT2D eigenvalue weighted by Crippen LogP contribution is -2.38. The predicted molar refractivity (Wildman–Crippen MR) is 86.9 cm³/mol. The van der Waals surface area contributed by atoms with Gasteiger partial charge in [0.15, 0.2) is 5.76 Å². The minimum atomic E-state index is -0.481. The first-order valence-corrected chi connectivity index (χ1v) is 7.82. The molecule has 0 saturated carbocycles. The van der Waals surface area contributed by atoms with Crippen LogP contribution in [0, 0.1) is 0 Å². The van der Waals surface area contributed by atoms with Crippen molar-refractivity contribution in [3.8, 4) is 0 Å². The summed E-state index contributed by atoms with van der Waals surface area (Å²) in [4.78, 5) is 27.6. The summed E-state index contributed by atoms with van der Waals surface area (Å²) in [6, 6.07) is 6.75. The lowest BCUT2D eigenvalue weighted by atomic mass is 10.2. The fourth-order valence-electron chi connectivity index (χ4n) is 2.45. The summed E-state index contributed by atoms with van der Waals surface area (Å²) in [5.41, 5.74) is 0.842. The van der Waals surface area contributed by atoms with Crippen molar-refractivity contribution in [1.29, 1.82) is 0 Å². The van der Waals surface area contributed by atoms with E-state index in [1.807, 2.05) is 6.07 Å². The van der Waals surface area contributed by atoms with Crippen LogP contribution in [-0.2, 0) is 9.53 Å². The fourth-order valence-corrected chi connectivity index (χ4v) is 2.45. The quantitative estimate of drug-likeness (QED) is 0.703. The third-order valence-electron chi connectivity index (χ3n) is 3.67. The second kappa shape index (κ2) is 7.65. The van der Waals surface area contributed by atoms with Gasteiger partial charge in [0, 0.05) is 25.0 Å². The predicted octanol–water partition coefficient (Wildman–Crippen LogP) is 1.67. The van der Waals surface area contributed by atoms with Gasteiger partial charge in [-0.2, -0.15) is 0 Å². The molecule has 2 aromatic heterocycles. The van der Waals surface area contributed by atoms with E-state index in [0.717, 1.165) is 19.4 Å². The van der Waals surface area contributed by atoms with Crippen molar-refractivity contribution >= 4 is 17.9 Å². The zero-order chi connectivity index (χ0) is 16.8. The van der Waals surface area contributed by atoms with Crippen molar-refractivity contribution in [3.63, 3.8) is 0 Å². The van der Waals surface area contributed by atoms with Crippen LogP contribution in [0.5, 0.6) is 0 Å². The van der Waals surface area contributed by atoms with Gasteiger partial charge in [-0.1, -0.05) is 0 Å². The number of rotatable bonds is 6. The van der Waals surface area contributed by atoms with Crippen LogP contribution in [0.25, 0.3) is 6.08 Å². The fraction of sp³-hybridized carbons (Fsp3) is 0.294. The first kappa shape index (κ1) is 16.1. The number of aromatic amines is 1. The minimum absolute atomic E-state index is 0.0291. The highest BCUT2D eigenvalue weighted by Crippen LogP contribution is 2.11. The van der Waals surface area contributed by atoms with E-state index in [9.17, 15) is 9.59 Å². The molecule has 1 unspecified atom stereocenters. The molecule has 2 aromatic rings. The van der Waals surface area contributed by atoms with Crippen LogP contribution in [0.4, 0.5) is 0 Å². The van der Waals surface area contributed by atoms with Crippen LogP contribution < -0.4 is 10.6 Å². The van der Waals surface area contributed by atoms with Gasteiger partial charge in [0.1, 0.15) is 5.70 Å². The molecule has 1 atom stereocenters. The number of carbonyl (C=O) groups excluding carboxylic acids is 2. The van der Waals surface area contributed by atoms with E-state index in [1.54, 1.807) is 24.4 Å². The standard InChI is InChI=1S/C17H19N3O4/c21-16(19-11-13-5-2-8-23-13)14(10-12-4-1-7-18-12)20-17(22)15-6-3-9-24-15/h1,3-4,6-7,9-10,13,18H,2,5,8,11H2,(H,19,21)(H,20,22)/b14-10-. The number of nitrogens with one attached hydrogen (secondary N) is 3. The Labute approximate surface area is 139 Å². The first-order chi connectivity index (χ1) is 11.7. The SMILES string of the molecule is O=C(NCC1CCCO1)/C(=C/c1ccc[nH]1)NC(=O)c1ccco1. The van der Waals surface area contributed by atoms with Crippen molar-refractivity contribution in [3.05, 3.63) is 53.9 Å². The summed E-state index contributed by atoms with van der Waals surface area (Å²) in [6.45, 7) is 1.14. The molecule has 3 heterocycles. The average molecular weight is 329 g/mol. The van der Waals surface area contributed by atoms with E-state index in [2.05, 4.69) is 15.6 Å². The smallest absolute Gasteiger partial charge is 0.291 e. The normalized spacial score (nSPS) is 17.7. The average Bonchev–Trinajstić information content (AvgIpc) is 3.34. The van der Waals surface area contributed by atoms with Crippen LogP contribution >= 0.6 is 0 Å². The summed E-state index contributed by atoms with van der Waals surface area (Å²) >= 11 is 0. The van der Waals surface area contributed by atoms with E-state index in [4.69, 9.17) is 9.15 Å². The topological polar surface area (TPSA) is 96.4 Å². The molecule has 24 heavy (non-hydrogen) atoms. The van der Waals surface area contributed by atoms with Gasteiger partial charge in [-0.25, -0.2) is 0 Å². The largest absolute Gasteiger partial charge is 0.459 e. The molecule has 1 fully saturated rings. The van der Waals surface area contributed by atoms with Crippen LogP contribution in [0.1, 0.15) is 29.1 Å². The van der Waals surface area contributed by atoms with Gasteiger partial charge in [0.05, 0.1) is 12.4 Å². The van der Waals surface area contributed by atoms with E-state index in [-0.39, 0.29) is 23.5 Å². The maximum atomic E-state index is 12.4. The number of H-pyrrole nitrogens is 1. The zero-order valence-electron chi connectivity index (χ0n) is 13.1. The number of carbonyl (C=O) groups is 2. The van der Waals surface area contributed by atoms with E-state index in [1.165, 1.54) is 12.3 Å². The molecule has 1 saturated heterocycles. The van der Waals surface area contributed by atoms with Gasteiger partial charge in [-0.05, 0) is 43.2 Å². The minimum Gasteiger partial charge on any atom is -0.459 e. The molecule has 3 rings (SSSR count). The third kappa shape index (κ3) is 4.14. The molecule has 126 valence electrons. The highest BCUT2D eigenvalue weighted by molar-refractivity contribution is 6.04. The Hall–Kier alpha value is -2.80. The molecule has 7 nitrogen and oxygen atoms in total. The number of aromatic nitrogens is 1. The van der Waals surface area contributed by atoms with Crippen LogP contribution in [0.3, 0.4) is 0 Å². The molecule has 1 aliphatic heterocycles. The highest BCUT2D eigenvalue weighted by atomic mass is 16.5. The monoisotopic (exact) mass is 329 g/mol. The Kier molecular flexibility index (Phi) is 5.12. The molecule has 0 aliphatic carbocycles. The zero-order valence-corrected chi connectivity index (χ0v) is 13.1. The van der Waals surface area contributed by atoms with Gasteiger partial charge in [0.25, 0.3) is 11.8 Å². The summed E-state index contributed by atoms with van der Waals surface area (Å²) in [6.07, 6.45) is 6.67. The number of amides is 2. The molecular weight excluding hydrogens is 310 g/mol. The van der Waals surface area contributed by atoms with E-state index >= 15 is 0 Å². The van der Waals surface area contributed by atoms with Crippen molar-refractivity contribution in [2.75, 3.05) is 13.2 Å². The molecular formula is C17H19N3O4. The highest BCUT2D eigenvalue weighted by Gasteiger charge is 2.20. The second-order valence-corrected chi connectivity index (χ2v) is 5.46. The van der Waals surface area contributed by atoms with Crippen LogP contribution in [0.2, 0.25) is 0 Å². The molecule has 0 radical (unpaired) electrons. The molecule has 7 heteroatoms. The number of hydrogen-bond donors (Lipinski definition) is 3. The lowest BCUT2D eigenvalue weighted by Gasteiger charge is -2.13. The molecule has 0 aromatic carbocycles. The Bertz CT molecular complexity index is 698. The molecule has 1 aliphatic rings. The number of furan rings is 1. The maximum absolute atomic E-state index is 12.4. The third-order valence-corrected chi connectivity index (χ3v) is 3.67. The van der Waals surface area contributed by atoms with Gasteiger partial charge in [-0.15, -0.1) is 0 Å². The maximum Gasteiger partial charge on any atom is 0.291 e. The first-order valence-electron chi connectivity index (χ1n) is 7.82. The second-order valence-electron chi connectivity index (χ2n) is 5.46. The van der Waals surface area contributed by atoms with Crippen molar-refractivity contribution in [2.24, 2.45) is 0 Å². The molecule has 2 amide bonds. The van der Waals surface area contributed by atoms with E-state index in [0.29, 0.717) is 12.2 Å². The van der Waals surface area contributed by atoms with E-state index < -0.39 is 5.91 Å². The number of hydrogen-bond acceptors (Lipinski definition) is 4. The van der Waals surface area contributed by atoms with Crippen molar-refractivity contribution in [2.45, 2.75) is 18.9 Å². The Morgan fingerprint density at radius 1 is 1.33 bits per heavy atom. The van der Waals surface area contributed by atoms with Crippen molar-refractivity contribution < 1.29 is 18.7 Å². The van der Waals surface area contributed by atoms with Gasteiger partial charge in [-0.3, -0.25) is 9.59 Å². The molecule has 0 bridgehead atoms.